The van der Waals surface area contributed by atoms with Gasteiger partial charge in [0.2, 0.25) is 0 Å². The van der Waals surface area contributed by atoms with Gasteiger partial charge in [-0.2, -0.15) is 11.8 Å². The lowest BCUT2D eigenvalue weighted by atomic mass is 10.0. The van der Waals surface area contributed by atoms with Gasteiger partial charge >= 0.3 is 0 Å². The molecule has 1 N–H and O–H groups in total. The Bertz CT molecular complexity index is 251. The third-order valence-corrected chi connectivity index (χ3v) is 6.26. The Morgan fingerprint density at radius 2 is 2.06 bits per heavy atom. The van der Waals surface area contributed by atoms with Crippen molar-refractivity contribution in [2.45, 2.75) is 69.2 Å². The predicted octanol–water partition coefficient (Wildman–Crippen LogP) is 3.12. The van der Waals surface area contributed by atoms with Gasteiger partial charge in [-0.3, -0.25) is 4.90 Å². The highest BCUT2D eigenvalue weighted by atomic mass is 32.2. The minimum atomic E-state index is 0.572. The maximum Gasteiger partial charge on any atom is 0.0284 e. The molecule has 1 saturated carbocycles. The highest BCUT2D eigenvalue weighted by Crippen LogP contribution is 2.41. The molecule has 2 atom stereocenters. The first-order valence-corrected chi connectivity index (χ1v) is 8.94. The van der Waals surface area contributed by atoms with Crippen LogP contribution in [0.4, 0.5) is 0 Å². The summed E-state index contributed by atoms with van der Waals surface area (Å²) >= 11 is 2.13. The summed E-state index contributed by atoms with van der Waals surface area (Å²) in [5.41, 5.74) is 0. The number of rotatable bonds is 5. The lowest BCUT2D eigenvalue weighted by Gasteiger charge is -2.43. The van der Waals surface area contributed by atoms with Crippen LogP contribution < -0.4 is 5.32 Å². The molecule has 1 aliphatic heterocycles. The Kier molecular flexibility index (Phi) is 5.40. The quantitative estimate of drug-likeness (QED) is 0.826. The van der Waals surface area contributed by atoms with Crippen LogP contribution in [-0.2, 0) is 0 Å². The van der Waals surface area contributed by atoms with Crippen molar-refractivity contribution >= 4 is 11.8 Å². The number of piperazine rings is 1. The fraction of sp³-hybridized carbons (Fsp3) is 1.00. The zero-order valence-corrected chi connectivity index (χ0v) is 13.2. The zero-order chi connectivity index (χ0) is 13.0. The second-order valence-corrected chi connectivity index (χ2v) is 7.54. The Hall–Kier alpha value is 0.270. The third-order valence-electron chi connectivity index (χ3n) is 4.86. The summed E-state index contributed by atoms with van der Waals surface area (Å²) in [5.74, 6) is 0. The van der Waals surface area contributed by atoms with Gasteiger partial charge < -0.3 is 5.32 Å². The molecule has 0 aromatic heterocycles. The molecule has 1 aliphatic carbocycles. The van der Waals surface area contributed by atoms with Crippen molar-refractivity contribution in [3.63, 3.8) is 0 Å². The molecule has 2 aliphatic rings. The summed E-state index contributed by atoms with van der Waals surface area (Å²) in [5, 5.41) is 3.71. The van der Waals surface area contributed by atoms with E-state index in [1.807, 2.05) is 0 Å². The first-order valence-electron chi connectivity index (χ1n) is 7.72. The molecule has 0 spiro atoms. The van der Waals surface area contributed by atoms with Crippen molar-refractivity contribution in [1.82, 2.24) is 10.2 Å². The van der Waals surface area contributed by atoms with Crippen molar-refractivity contribution in [3.8, 4) is 0 Å². The van der Waals surface area contributed by atoms with Gasteiger partial charge in [-0.1, -0.05) is 26.2 Å². The molecule has 0 amide bonds. The van der Waals surface area contributed by atoms with Crippen molar-refractivity contribution in [2.24, 2.45) is 0 Å². The van der Waals surface area contributed by atoms with Gasteiger partial charge in [-0.25, -0.2) is 0 Å². The van der Waals surface area contributed by atoms with E-state index in [0.29, 0.717) is 10.8 Å². The van der Waals surface area contributed by atoms with Gasteiger partial charge in [0.15, 0.2) is 0 Å². The molecule has 2 unspecified atom stereocenters. The summed E-state index contributed by atoms with van der Waals surface area (Å²) < 4.78 is 0.572. The van der Waals surface area contributed by atoms with Crippen molar-refractivity contribution in [1.29, 1.82) is 0 Å². The average molecular weight is 270 g/mol. The van der Waals surface area contributed by atoms with E-state index in [4.69, 9.17) is 0 Å². The van der Waals surface area contributed by atoms with Gasteiger partial charge in [0.05, 0.1) is 0 Å². The Morgan fingerprint density at radius 1 is 1.33 bits per heavy atom. The van der Waals surface area contributed by atoms with Gasteiger partial charge in [0, 0.05) is 36.5 Å². The average Bonchev–Trinajstić information content (AvgIpc) is 2.83. The first kappa shape index (κ1) is 14.7. The molecule has 1 saturated heterocycles. The molecule has 1 heterocycles. The second-order valence-electron chi connectivity index (χ2n) is 6.27. The Labute approximate surface area is 117 Å². The molecule has 0 aromatic carbocycles. The first-order chi connectivity index (χ1) is 8.69. The molecule has 18 heavy (non-hydrogen) atoms. The van der Waals surface area contributed by atoms with Gasteiger partial charge in [0.25, 0.3) is 0 Å². The van der Waals surface area contributed by atoms with Crippen molar-refractivity contribution in [3.05, 3.63) is 0 Å². The molecule has 3 heteroatoms. The lowest BCUT2D eigenvalue weighted by molar-refractivity contribution is 0.124. The van der Waals surface area contributed by atoms with E-state index < -0.39 is 0 Å². The van der Waals surface area contributed by atoms with Crippen LogP contribution in [0.25, 0.3) is 0 Å². The van der Waals surface area contributed by atoms with Crippen LogP contribution in [0.5, 0.6) is 0 Å². The van der Waals surface area contributed by atoms with Gasteiger partial charge in [-0.05, 0) is 32.4 Å². The lowest BCUT2D eigenvalue weighted by Crippen LogP contribution is -2.58. The summed E-state index contributed by atoms with van der Waals surface area (Å²) in [6.07, 6.45) is 10.7. The monoisotopic (exact) mass is 270 g/mol. The summed E-state index contributed by atoms with van der Waals surface area (Å²) in [7, 11) is 0. The number of nitrogens with zero attached hydrogens (tertiary/aromatic N) is 1. The van der Waals surface area contributed by atoms with Crippen LogP contribution in [0.3, 0.4) is 0 Å². The van der Waals surface area contributed by atoms with Crippen LogP contribution in [0.1, 0.15) is 52.4 Å². The van der Waals surface area contributed by atoms with E-state index in [0.717, 1.165) is 6.04 Å². The number of hydrogen-bond donors (Lipinski definition) is 1. The van der Waals surface area contributed by atoms with E-state index in [9.17, 15) is 0 Å². The van der Waals surface area contributed by atoms with Crippen molar-refractivity contribution < 1.29 is 0 Å². The normalized spacial score (nSPS) is 32.8. The van der Waals surface area contributed by atoms with Gasteiger partial charge in [0.1, 0.15) is 0 Å². The largest absolute Gasteiger partial charge is 0.311 e. The second kappa shape index (κ2) is 6.62. The predicted molar refractivity (Wildman–Crippen MR) is 82.4 cm³/mol. The molecule has 0 radical (unpaired) electrons. The van der Waals surface area contributed by atoms with E-state index in [1.165, 1.54) is 58.2 Å². The number of hydrogen-bond acceptors (Lipinski definition) is 3. The maximum absolute atomic E-state index is 3.71. The maximum atomic E-state index is 3.71. The Balaban J connectivity index is 1.93. The molecular formula is C15H30N2S. The van der Waals surface area contributed by atoms with Crippen LogP contribution in [-0.4, -0.2) is 47.6 Å². The summed E-state index contributed by atoms with van der Waals surface area (Å²) in [6.45, 7) is 8.44. The standard InChI is InChI=1S/C15H30N2S/c1-4-7-14-11-17(13(2)10-16-14)12-15(18-3)8-5-6-9-15/h13-14,16H,4-12H2,1-3H3. The molecular weight excluding hydrogens is 240 g/mol. The SMILES string of the molecule is CCCC1CN(CC2(SC)CCCC2)C(C)CN1. The Morgan fingerprint density at radius 3 is 2.67 bits per heavy atom. The molecule has 0 aromatic rings. The molecule has 2 fully saturated rings. The number of thioether (sulfide) groups is 1. The highest BCUT2D eigenvalue weighted by molar-refractivity contribution is 8.00. The smallest absolute Gasteiger partial charge is 0.0284 e. The van der Waals surface area contributed by atoms with Gasteiger partial charge in [-0.15, -0.1) is 0 Å². The number of nitrogens with one attached hydrogen (secondary N) is 1. The molecule has 2 nitrogen and oxygen atoms in total. The van der Waals surface area contributed by atoms with E-state index in [1.54, 1.807) is 0 Å². The topological polar surface area (TPSA) is 15.3 Å². The van der Waals surface area contributed by atoms with E-state index >= 15 is 0 Å². The minimum Gasteiger partial charge on any atom is -0.311 e. The molecule has 0 bridgehead atoms. The fourth-order valence-electron chi connectivity index (χ4n) is 3.57. The highest BCUT2D eigenvalue weighted by Gasteiger charge is 2.37. The summed E-state index contributed by atoms with van der Waals surface area (Å²) in [6, 6.07) is 1.44. The minimum absolute atomic E-state index is 0.572. The van der Waals surface area contributed by atoms with Crippen LogP contribution in [0.2, 0.25) is 0 Å². The van der Waals surface area contributed by atoms with Crippen LogP contribution in [0, 0.1) is 0 Å². The van der Waals surface area contributed by atoms with Crippen LogP contribution in [0.15, 0.2) is 0 Å². The van der Waals surface area contributed by atoms with E-state index in [-0.39, 0.29) is 0 Å². The van der Waals surface area contributed by atoms with Crippen LogP contribution >= 0.6 is 11.8 Å². The van der Waals surface area contributed by atoms with E-state index in [2.05, 4.69) is 42.1 Å². The molecule has 2 rings (SSSR count). The summed E-state index contributed by atoms with van der Waals surface area (Å²) in [4.78, 5) is 2.76. The third kappa shape index (κ3) is 3.43. The fourth-order valence-corrected chi connectivity index (χ4v) is 4.56. The zero-order valence-electron chi connectivity index (χ0n) is 12.4. The molecule has 106 valence electrons. The van der Waals surface area contributed by atoms with Crippen molar-refractivity contribution in [2.75, 3.05) is 25.9 Å².